The van der Waals surface area contributed by atoms with Crippen molar-refractivity contribution in [3.63, 3.8) is 0 Å². The van der Waals surface area contributed by atoms with E-state index in [9.17, 15) is 5.11 Å². The summed E-state index contributed by atoms with van der Waals surface area (Å²) in [5.41, 5.74) is 12.6. The van der Waals surface area contributed by atoms with Crippen LogP contribution in [0.15, 0.2) is 23.4 Å². The molecule has 0 amide bonds. The Bertz CT molecular complexity index is 698. The summed E-state index contributed by atoms with van der Waals surface area (Å²) in [5, 5.41) is 17.7. The number of nitrogens with two attached hydrogens (primary N) is 1. The van der Waals surface area contributed by atoms with Crippen molar-refractivity contribution in [3.05, 3.63) is 29.3 Å². The average molecular weight is 334 g/mol. The zero-order chi connectivity index (χ0) is 16.6. The molecule has 0 aliphatic heterocycles. The van der Waals surface area contributed by atoms with E-state index in [0.717, 1.165) is 19.3 Å². The van der Waals surface area contributed by atoms with E-state index in [-0.39, 0.29) is 16.7 Å². The van der Waals surface area contributed by atoms with Crippen molar-refractivity contribution in [2.24, 2.45) is 0 Å². The number of aromatic amines is 1. The number of phenols is 1. The summed E-state index contributed by atoms with van der Waals surface area (Å²) in [5.74, 6) is 0.668. The van der Waals surface area contributed by atoms with Gasteiger partial charge in [0.25, 0.3) is 0 Å². The molecule has 0 spiro atoms. The summed E-state index contributed by atoms with van der Waals surface area (Å²) < 4.78 is 0. The molecule has 2 aromatic rings. The largest absolute Gasteiger partial charge is 0.508 e. The quantitative estimate of drug-likeness (QED) is 0.676. The van der Waals surface area contributed by atoms with Crippen molar-refractivity contribution >= 4 is 17.7 Å². The smallest absolute Gasteiger partial charge is 0.216 e. The Balaban J connectivity index is 2.00. The highest BCUT2D eigenvalue weighted by atomic mass is 32.2. The number of quaternary nitrogens is 1. The van der Waals surface area contributed by atoms with Crippen LogP contribution in [-0.2, 0) is 11.8 Å². The first-order valence-electron chi connectivity index (χ1n) is 8.00. The number of fused-ring (bicyclic) bond motifs is 1. The Hall–Kier alpha value is -1.73. The topological polar surface area (TPSA) is 115 Å². The number of aromatic nitrogens is 3. The number of nitrogen functional groups attached to an aromatic ring is 1. The van der Waals surface area contributed by atoms with E-state index in [1.807, 2.05) is 12.1 Å². The third kappa shape index (κ3) is 2.68. The fourth-order valence-electron chi connectivity index (χ4n) is 3.85. The van der Waals surface area contributed by atoms with Gasteiger partial charge in [0.1, 0.15) is 11.8 Å². The van der Waals surface area contributed by atoms with Crippen LogP contribution in [0.1, 0.15) is 37.8 Å². The zero-order valence-corrected chi connectivity index (χ0v) is 14.4. The number of hydrogen-bond donors (Lipinski definition) is 4. The number of nitrogens with one attached hydrogen (secondary N) is 1. The molecule has 124 valence electrons. The molecule has 2 atom stereocenters. The maximum atomic E-state index is 9.94. The monoisotopic (exact) mass is 334 g/mol. The second-order valence-corrected chi connectivity index (χ2v) is 7.38. The lowest BCUT2D eigenvalue weighted by Gasteiger charge is -2.44. The molecule has 23 heavy (non-hydrogen) atoms. The maximum absolute atomic E-state index is 9.94. The van der Waals surface area contributed by atoms with Crippen molar-refractivity contribution in [2.75, 3.05) is 5.73 Å². The number of phenolic OH excluding ortho intramolecular Hbond substituents is 1. The molecule has 0 radical (unpaired) electrons. The van der Waals surface area contributed by atoms with Gasteiger partial charge in [-0.1, -0.05) is 31.7 Å². The predicted molar refractivity (Wildman–Crippen MR) is 91.2 cm³/mol. The predicted octanol–water partition coefficient (Wildman–Crippen LogP) is 1.48. The van der Waals surface area contributed by atoms with Crippen LogP contribution < -0.4 is 11.5 Å². The fourth-order valence-corrected chi connectivity index (χ4v) is 5.05. The molecule has 6 nitrogen and oxygen atoms in total. The Labute approximate surface area is 140 Å². The molecule has 0 saturated heterocycles. The number of H-pyrrole nitrogens is 1. The number of benzene rings is 1. The van der Waals surface area contributed by atoms with Gasteiger partial charge in [0.05, 0.1) is 5.25 Å². The summed E-state index contributed by atoms with van der Waals surface area (Å²) in [6, 6.07) is 5.93. The third-order valence-corrected chi connectivity index (χ3v) is 6.40. The van der Waals surface area contributed by atoms with Crippen LogP contribution in [0.5, 0.6) is 5.75 Å². The van der Waals surface area contributed by atoms with E-state index < -0.39 is 0 Å². The summed E-state index contributed by atoms with van der Waals surface area (Å²) in [6.07, 6.45) is 2.87. The number of anilines is 1. The molecule has 1 heterocycles. The fraction of sp³-hybridized carbons (Fsp3) is 0.500. The maximum Gasteiger partial charge on any atom is 0.216 e. The molecule has 7 heteroatoms. The summed E-state index contributed by atoms with van der Waals surface area (Å²) in [4.78, 5) is 4.22. The second kappa shape index (κ2) is 6.05. The average Bonchev–Trinajstić information content (AvgIpc) is 2.95. The van der Waals surface area contributed by atoms with Crippen LogP contribution in [0.4, 0.5) is 5.95 Å². The minimum atomic E-state index is -0.0359. The van der Waals surface area contributed by atoms with Gasteiger partial charge in [0.15, 0.2) is 0 Å². The molecule has 2 unspecified atom stereocenters. The molecular weight excluding hydrogens is 310 g/mol. The highest BCUT2D eigenvalue weighted by molar-refractivity contribution is 7.99. The van der Waals surface area contributed by atoms with Crippen LogP contribution >= 0.6 is 11.8 Å². The van der Waals surface area contributed by atoms with Crippen molar-refractivity contribution < 1.29 is 10.8 Å². The molecule has 3 rings (SSSR count). The first kappa shape index (κ1) is 16.1. The molecule has 1 aliphatic rings. The van der Waals surface area contributed by atoms with Crippen LogP contribution in [0.3, 0.4) is 0 Å². The lowest BCUT2D eigenvalue weighted by atomic mass is 9.63. The molecule has 7 N–H and O–H groups in total. The van der Waals surface area contributed by atoms with Crippen LogP contribution in [-0.4, -0.2) is 31.6 Å². The Morgan fingerprint density at radius 3 is 2.78 bits per heavy atom. The molecule has 1 aromatic heterocycles. The zero-order valence-electron chi connectivity index (χ0n) is 13.5. The number of rotatable bonds is 4. The van der Waals surface area contributed by atoms with Gasteiger partial charge in [-0.05, 0) is 42.5 Å². The minimum Gasteiger partial charge on any atom is -0.508 e. The lowest BCUT2D eigenvalue weighted by Crippen LogP contribution is -2.75. The number of nitrogens with zero attached hydrogens (tertiary/aromatic N) is 2. The van der Waals surface area contributed by atoms with Crippen LogP contribution in [0.25, 0.3) is 0 Å². The van der Waals surface area contributed by atoms with E-state index in [4.69, 9.17) is 5.73 Å². The second-order valence-electron chi connectivity index (χ2n) is 6.17. The SMILES string of the molecule is CCC1(CC)c2cc(O)ccc2CC(Sc2n[nH]c(N)n2)C1[NH3+]. The normalized spacial score (nSPS) is 22.7. The van der Waals surface area contributed by atoms with E-state index in [1.165, 1.54) is 11.1 Å². The van der Waals surface area contributed by atoms with Gasteiger partial charge < -0.3 is 16.6 Å². The van der Waals surface area contributed by atoms with Crippen molar-refractivity contribution in [1.82, 2.24) is 15.2 Å². The van der Waals surface area contributed by atoms with Crippen molar-refractivity contribution in [2.45, 2.75) is 55.0 Å². The summed E-state index contributed by atoms with van der Waals surface area (Å²) in [7, 11) is 0. The Morgan fingerprint density at radius 2 is 2.17 bits per heavy atom. The molecule has 1 aromatic carbocycles. The molecule has 0 bridgehead atoms. The van der Waals surface area contributed by atoms with Crippen molar-refractivity contribution in [1.29, 1.82) is 0 Å². The highest BCUT2D eigenvalue weighted by Gasteiger charge is 2.48. The molecule has 0 fully saturated rings. The van der Waals surface area contributed by atoms with E-state index >= 15 is 0 Å². The van der Waals surface area contributed by atoms with Gasteiger partial charge in [-0.2, -0.15) is 4.98 Å². The number of hydrogen-bond acceptors (Lipinski definition) is 5. The van der Waals surface area contributed by atoms with Gasteiger partial charge in [-0.15, -0.1) is 5.10 Å². The number of thioether (sulfide) groups is 1. The van der Waals surface area contributed by atoms with E-state index in [0.29, 0.717) is 16.9 Å². The molecule has 1 aliphatic carbocycles. The van der Waals surface area contributed by atoms with E-state index in [1.54, 1.807) is 17.8 Å². The standard InChI is InChI=1S/C16H23N5OS/c1-3-16(4-2)11-8-10(22)6-5-9(11)7-12(13(16)17)23-15-19-14(18)20-21-15/h5-6,8,12-13,22H,3-4,7,17H2,1-2H3,(H3,18,19,20,21)/p+1. The summed E-state index contributed by atoms with van der Waals surface area (Å²) in [6.45, 7) is 4.40. The lowest BCUT2D eigenvalue weighted by molar-refractivity contribution is -0.439. The Morgan fingerprint density at radius 1 is 1.43 bits per heavy atom. The first-order chi connectivity index (χ1) is 11.0. The molecular formula is C16H24N5OS+. The van der Waals surface area contributed by atoms with Crippen LogP contribution in [0, 0.1) is 0 Å². The highest BCUT2D eigenvalue weighted by Crippen LogP contribution is 2.46. The van der Waals surface area contributed by atoms with E-state index in [2.05, 4.69) is 34.8 Å². The van der Waals surface area contributed by atoms with Gasteiger partial charge in [-0.25, -0.2) is 5.10 Å². The minimum absolute atomic E-state index is 0.0359. The van der Waals surface area contributed by atoms with Crippen LogP contribution in [0.2, 0.25) is 0 Å². The first-order valence-corrected chi connectivity index (χ1v) is 8.88. The Kier molecular flexibility index (Phi) is 4.25. The summed E-state index contributed by atoms with van der Waals surface area (Å²) >= 11 is 1.64. The van der Waals surface area contributed by atoms with Gasteiger partial charge >= 0.3 is 0 Å². The molecule has 0 saturated carbocycles. The third-order valence-electron chi connectivity index (χ3n) is 5.21. The van der Waals surface area contributed by atoms with Crippen molar-refractivity contribution in [3.8, 4) is 5.75 Å². The van der Waals surface area contributed by atoms with Gasteiger partial charge in [0.2, 0.25) is 11.1 Å². The number of aromatic hydroxyl groups is 1. The van der Waals surface area contributed by atoms with Gasteiger partial charge in [-0.3, -0.25) is 0 Å². The van der Waals surface area contributed by atoms with Gasteiger partial charge in [0, 0.05) is 5.41 Å².